The number of pyridine rings is 1. The van der Waals surface area contributed by atoms with Crippen LogP contribution in [-0.4, -0.2) is 34.7 Å². The molecule has 2 unspecified atom stereocenters. The Kier molecular flexibility index (Phi) is 7.91. The maximum Gasteiger partial charge on any atom is 0.333 e. The van der Waals surface area contributed by atoms with E-state index in [0.29, 0.717) is 12.3 Å². The van der Waals surface area contributed by atoms with Crippen LogP contribution in [0, 0.1) is 11.8 Å². The average molecular weight is 399 g/mol. The smallest absolute Gasteiger partial charge is 0.333 e. The molecule has 1 aromatic carbocycles. The van der Waals surface area contributed by atoms with Crippen LogP contribution >= 0.6 is 0 Å². The van der Waals surface area contributed by atoms with Crippen LogP contribution in [0.2, 0.25) is 0 Å². The molecule has 6 nitrogen and oxygen atoms in total. The lowest BCUT2D eigenvalue weighted by atomic mass is 10.1. The number of aromatic nitrogens is 1. The zero-order valence-corrected chi connectivity index (χ0v) is 17.6. The van der Waals surface area contributed by atoms with E-state index in [9.17, 15) is 14.7 Å². The molecule has 0 aliphatic heterocycles. The van der Waals surface area contributed by atoms with E-state index in [2.05, 4.69) is 4.98 Å². The van der Waals surface area contributed by atoms with Crippen molar-refractivity contribution in [2.75, 3.05) is 6.61 Å². The number of hydrogen-bond acceptors (Lipinski definition) is 5. The number of carboxylic acids is 1. The molecule has 0 amide bonds. The number of hydrogen-bond donors (Lipinski definition) is 1. The van der Waals surface area contributed by atoms with Crippen molar-refractivity contribution < 1.29 is 24.2 Å². The van der Waals surface area contributed by atoms with Crippen LogP contribution in [0.5, 0.6) is 0 Å². The quantitative estimate of drug-likeness (QED) is 0.619. The van der Waals surface area contributed by atoms with Crippen molar-refractivity contribution in [1.82, 2.24) is 4.98 Å². The molecule has 6 heteroatoms. The molecule has 2 rings (SSSR count). The fourth-order valence-corrected chi connectivity index (χ4v) is 2.92. The molecule has 0 radical (unpaired) electrons. The minimum Gasteiger partial charge on any atom is -0.479 e. The lowest BCUT2D eigenvalue weighted by molar-refractivity contribution is -0.154. The van der Waals surface area contributed by atoms with Gasteiger partial charge < -0.3 is 14.6 Å². The zero-order chi connectivity index (χ0) is 21.6. The third-order valence-corrected chi connectivity index (χ3v) is 4.50. The monoisotopic (exact) mass is 399 g/mol. The molecule has 0 aliphatic carbocycles. The van der Waals surface area contributed by atoms with Crippen LogP contribution in [0.3, 0.4) is 0 Å². The van der Waals surface area contributed by atoms with Gasteiger partial charge >= 0.3 is 11.9 Å². The van der Waals surface area contributed by atoms with Crippen molar-refractivity contribution in [3.05, 3.63) is 47.7 Å². The summed E-state index contributed by atoms with van der Waals surface area (Å²) in [7, 11) is 0. The molecule has 0 saturated carbocycles. The molecule has 3 atom stereocenters. The van der Waals surface area contributed by atoms with E-state index in [1.807, 2.05) is 63.3 Å². The van der Waals surface area contributed by atoms with Gasteiger partial charge in [-0.25, -0.2) is 9.78 Å². The third kappa shape index (κ3) is 6.68. The van der Waals surface area contributed by atoms with Crippen LogP contribution in [0.25, 0.3) is 17.0 Å². The number of carbonyl (C=O) groups excluding carboxylic acids is 1. The van der Waals surface area contributed by atoms with Gasteiger partial charge in [0.25, 0.3) is 0 Å². The molecule has 0 spiro atoms. The predicted octanol–water partition coefficient (Wildman–Crippen LogP) is 4.63. The fourth-order valence-electron chi connectivity index (χ4n) is 2.92. The van der Waals surface area contributed by atoms with Crippen LogP contribution in [0.1, 0.15) is 52.0 Å². The summed E-state index contributed by atoms with van der Waals surface area (Å²) in [6.45, 7) is 9.15. The maximum atomic E-state index is 11.2. The highest BCUT2D eigenvalue weighted by Gasteiger charge is 2.22. The van der Waals surface area contributed by atoms with Gasteiger partial charge in [-0.3, -0.25) is 4.79 Å². The number of ether oxygens (including phenoxy) is 2. The molecule has 1 N–H and O–H groups in total. The van der Waals surface area contributed by atoms with Gasteiger partial charge in [-0.15, -0.1) is 0 Å². The molecule has 29 heavy (non-hydrogen) atoms. The average Bonchev–Trinajstić information content (AvgIpc) is 2.64. The molecular formula is C23H29NO5. The fraction of sp³-hybridized carbons (Fsp3) is 0.435. The number of aliphatic carboxylic acids is 1. The normalized spacial score (nSPS) is 14.8. The molecule has 0 aliphatic rings. The van der Waals surface area contributed by atoms with Crippen LogP contribution in [0.15, 0.2) is 36.4 Å². The van der Waals surface area contributed by atoms with Gasteiger partial charge in [0.05, 0.1) is 17.8 Å². The van der Waals surface area contributed by atoms with Crippen LogP contribution in [-0.2, 0) is 19.1 Å². The summed E-state index contributed by atoms with van der Waals surface area (Å²) in [4.78, 5) is 27.0. The summed E-state index contributed by atoms with van der Waals surface area (Å²) >= 11 is 0. The maximum absolute atomic E-state index is 11.2. The Balaban J connectivity index is 2.08. The molecule has 1 aromatic heterocycles. The first-order chi connectivity index (χ1) is 13.7. The number of nitrogens with zero attached hydrogens (tertiary/aromatic N) is 1. The van der Waals surface area contributed by atoms with E-state index in [0.717, 1.165) is 16.5 Å². The Morgan fingerprint density at radius 1 is 1.14 bits per heavy atom. The highest BCUT2D eigenvalue weighted by atomic mass is 16.5. The van der Waals surface area contributed by atoms with Gasteiger partial charge in [0, 0.05) is 12.3 Å². The van der Waals surface area contributed by atoms with Crippen molar-refractivity contribution in [2.45, 2.75) is 46.8 Å². The molecule has 0 saturated heterocycles. The Morgan fingerprint density at radius 2 is 1.83 bits per heavy atom. The molecule has 0 bridgehead atoms. The van der Waals surface area contributed by atoms with E-state index in [1.54, 1.807) is 6.92 Å². The second kappa shape index (κ2) is 10.2. The molecule has 1 heterocycles. The second-order valence-corrected chi connectivity index (χ2v) is 7.61. The largest absolute Gasteiger partial charge is 0.479 e. The Bertz CT molecular complexity index is 890. The summed E-state index contributed by atoms with van der Waals surface area (Å²) in [5.41, 5.74) is 2.50. The summed E-state index contributed by atoms with van der Waals surface area (Å²) in [5.74, 6) is -1.29. The molecular weight excluding hydrogens is 370 g/mol. The number of carboxylic acid groups (broad SMARTS) is 1. The second-order valence-electron chi connectivity index (χ2n) is 7.61. The predicted molar refractivity (Wildman–Crippen MR) is 112 cm³/mol. The Labute approximate surface area is 171 Å². The number of esters is 1. The summed E-state index contributed by atoms with van der Waals surface area (Å²) in [6.07, 6.45) is 2.76. The standard InChI is InChI=1S/C23H29NO5/c1-14(2)22(23(26)27)28-13-15(3)6-7-18-8-9-19-10-11-20(24-21(19)12-18)16(4)29-17(5)25/h6-12,14-16,22H,13H2,1-5H3,(H,26,27)/b7-6+/t15?,16-,22?/m1/s1. The Hall–Kier alpha value is -2.73. The first-order valence-corrected chi connectivity index (χ1v) is 9.78. The van der Waals surface area contributed by atoms with Gasteiger partial charge in [-0.1, -0.05) is 51.1 Å². The van der Waals surface area contributed by atoms with Crippen molar-refractivity contribution in [1.29, 1.82) is 0 Å². The Morgan fingerprint density at radius 3 is 2.45 bits per heavy atom. The van der Waals surface area contributed by atoms with E-state index in [4.69, 9.17) is 9.47 Å². The van der Waals surface area contributed by atoms with Crippen LogP contribution in [0.4, 0.5) is 0 Å². The number of benzene rings is 1. The number of carbonyl (C=O) groups is 2. The lowest BCUT2D eigenvalue weighted by Gasteiger charge is -2.18. The highest BCUT2D eigenvalue weighted by Crippen LogP contribution is 2.21. The SMILES string of the molecule is CC(=O)O[C@H](C)c1ccc2ccc(/C=C/C(C)COC(C(=O)O)C(C)C)cc2n1. The third-order valence-electron chi connectivity index (χ3n) is 4.50. The number of fused-ring (bicyclic) bond motifs is 1. The first-order valence-electron chi connectivity index (χ1n) is 9.78. The van der Waals surface area contributed by atoms with Crippen molar-refractivity contribution in [3.8, 4) is 0 Å². The van der Waals surface area contributed by atoms with Crippen molar-refractivity contribution in [2.24, 2.45) is 11.8 Å². The van der Waals surface area contributed by atoms with Gasteiger partial charge in [-0.2, -0.15) is 0 Å². The van der Waals surface area contributed by atoms with Gasteiger partial charge in [0.2, 0.25) is 0 Å². The van der Waals surface area contributed by atoms with Crippen molar-refractivity contribution in [3.63, 3.8) is 0 Å². The minimum atomic E-state index is -0.935. The lowest BCUT2D eigenvalue weighted by Crippen LogP contribution is -2.30. The van der Waals surface area contributed by atoms with Gasteiger partial charge in [0.15, 0.2) is 6.10 Å². The van der Waals surface area contributed by atoms with Crippen molar-refractivity contribution >= 4 is 28.9 Å². The van der Waals surface area contributed by atoms with E-state index < -0.39 is 18.2 Å². The highest BCUT2D eigenvalue weighted by molar-refractivity contribution is 5.81. The van der Waals surface area contributed by atoms with Crippen LogP contribution < -0.4 is 0 Å². The summed E-state index contributed by atoms with van der Waals surface area (Å²) < 4.78 is 10.8. The molecule has 156 valence electrons. The number of rotatable bonds is 9. The topological polar surface area (TPSA) is 85.7 Å². The zero-order valence-electron chi connectivity index (χ0n) is 17.6. The minimum absolute atomic E-state index is 0.0644. The summed E-state index contributed by atoms with van der Waals surface area (Å²) in [5, 5.41) is 10.2. The first kappa shape index (κ1) is 22.6. The van der Waals surface area contributed by atoms with E-state index in [-0.39, 0.29) is 17.8 Å². The molecule has 0 fully saturated rings. The van der Waals surface area contributed by atoms with Gasteiger partial charge in [0.1, 0.15) is 6.10 Å². The van der Waals surface area contributed by atoms with E-state index >= 15 is 0 Å². The van der Waals surface area contributed by atoms with E-state index in [1.165, 1.54) is 6.92 Å². The van der Waals surface area contributed by atoms with Gasteiger partial charge in [-0.05, 0) is 36.5 Å². The summed E-state index contributed by atoms with van der Waals surface area (Å²) in [6, 6.07) is 9.77. The molecule has 2 aromatic rings.